The van der Waals surface area contributed by atoms with Gasteiger partial charge in [-0.3, -0.25) is 4.79 Å². The van der Waals surface area contributed by atoms with E-state index in [1.165, 1.54) is 30.3 Å². The Bertz CT molecular complexity index is 794. The highest BCUT2D eigenvalue weighted by atomic mass is 32.2. The molecule has 23 heavy (non-hydrogen) atoms. The van der Waals surface area contributed by atoms with Crippen molar-refractivity contribution in [3.8, 4) is 0 Å². The third kappa shape index (κ3) is 4.27. The van der Waals surface area contributed by atoms with Crippen LogP contribution in [0.2, 0.25) is 0 Å². The van der Waals surface area contributed by atoms with Crippen LogP contribution in [0.4, 0.5) is 0 Å². The van der Waals surface area contributed by atoms with Crippen molar-refractivity contribution in [2.45, 2.75) is 11.4 Å². The Labute approximate surface area is 135 Å². The molecule has 1 amide bonds. The number of hydrogen-bond acceptors (Lipinski definition) is 4. The van der Waals surface area contributed by atoms with Crippen LogP contribution in [-0.4, -0.2) is 30.4 Å². The summed E-state index contributed by atoms with van der Waals surface area (Å²) in [5.41, 5.74) is 0.377. The van der Waals surface area contributed by atoms with Gasteiger partial charge in [0.25, 0.3) is 5.91 Å². The predicted molar refractivity (Wildman–Crippen MR) is 86.2 cm³/mol. The Hall–Kier alpha value is -2.45. The fourth-order valence-electron chi connectivity index (χ4n) is 1.87. The fourth-order valence-corrected chi connectivity index (χ4v) is 2.86. The molecule has 0 bridgehead atoms. The van der Waals surface area contributed by atoms with Gasteiger partial charge in [-0.05, 0) is 24.3 Å². The summed E-state index contributed by atoms with van der Waals surface area (Å²) in [6.45, 7) is 3.90. The fraction of sp³-hybridized carbons (Fsp3) is 0.200. The molecule has 0 aliphatic heterocycles. The van der Waals surface area contributed by atoms with Crippen LogP contribution in [0, 0.1) is 0 Å². The SMILES string of the molecule is C=CCNS(=O)(=O)c1ccc(C(=O)NCc2nccn2C)cc1. The molecular weight excluding hydrogens is 316 g/mol. The molecule has 0 unspecified atom stereocenters. The summed E-state index contributed by atoms with van der Waals surface area (Å²) < 4.78 is 28.0. The molecule has 122 valence electrons. The van der Waals surface area contributed by atoms with E-state index >= 15 is 0 Å². The Morgan fingerprint density at radius 2 is 2.04 bits per heavy atom. The van der Waals surface area contributed by atoms with Gasteiger partial charge in [0.1, 0.15) is 5.82 Å². The monoisotopic (exact) mass is 334 g/mol. The van der Waals surface area contributed by atoms with Crippen LogP contribution < -0.4 is 10.0 Å². The van der Waals surface area contributed by atoms with Gasteiger partial charge in [-0.1, -0.05) is 6.08 Å². The van der Waals surface area contributed by atoms with Crippen molar-refractivity contribution in [3.63, 3.8) is 0 Å². The molecule has 2 rings (SSSR count). The second kappa shape index (κ2) is 7.21. The molecule has 1 heterocycles. The number of carbonyl (C=O) groups excluding carboxylic acids is 1. The van der Waals surface area contributed by atoms with Crippen molar-refractivity contribution in [1.29, 1.82) is 0 Å². The largest absolute Gasteiger partial charge is 0.345 e. The predicted octanol–water partition coefficient (Wildman–Crippen LogP) is 0.814. The number of sulfonamides is 1. The highest BCUT2D eigenvalue weighted by Crippen LogP contribution is 2.10. The number of hydrogen-bond donors (Lipinski definition) is 2. The molecule has 0 aliphatic carbocycles. The minimum absolute atomic E-state index is 0.0972. The number of nitrogens with one attached hydrogen (secondary N) is 2. The molecule has 0 radical (unpaired) electrons. The van der Waals surface area contributed by atoms with Crippen molar-refractivity contribution < 1.29 is 13.2 Å². The molecule has 0 aliphatic rings. The molecule has 1 aromatic heterocycles. The number of amides is 1. The van der Waals surface area contributed by atoms with Crippen LogP contribution in [-0.2, 0) is 23.6 Å². The molecular formula is C15H18N4O3S. The van der Waals surface area contributed by atoms with Crippen LogP contribution in [0.1, 0.15) is 16.2 Å². The Balaban J connectivity index is 2.02. The molecule has 0 saturated carbocycles. The van der Waals surface area contributed by atoms with Crippen LogP contribution >= 0.6 is 0 Å². The van der Waals surface area contributed by atoms with Gasteiger partial charge in [0.15, 0.2) is 0 Å². The van der Waals surface area contributed by atoms with Gasteiger partial charge in [0.05, 0.1) is 11.4 Å². The highest BCUT2D eigenvalue weighted by molar-refractivity contribution is 7.89. The van der Waals surface area contributed by atoms with Gasteiger partial charge >= 0.3 is 0 Å². The maximum absolute atomic E-state index is 12.1. The Kier molecular flexibility index (Phi) is 5.30. The molecule has 2 N–H and O–H groups in total. The summed E-state index contributed by atoms with van der Waals surface area (Å²) in [7, 11) is -1.75. The third-order valence-electron chi connectivity index (χ3n) is 3.17. The minimum Gasteiger partial charge on any atom is -0.345 e. The van der Waals surface area contributed by atoms with Gasteiger partial charge in [0, 0.05) is 31.5 Å². The number of carbonyl (C=O) groups is 1. The summed E-state index contributed by atoms with van der Waals surface area (Å²) in [6, 6.07) is 5.72. The smallest absolute Gasteiger partial charge is 0.251 e. The number of aryl methyl sites for hydroxylation is 1. The van der Waals surface area contributed by atoms with E-state index in [0.717, 1.165) is 5.82 Å². The first-order valence-electron chi connectivity index (χ1n) is 6.89. The maximum atomic E-state index is 12.1. The molecule has 0 fully saturated rings. The normalized spacial score (nSPS) is 11.2. The molecule has 0 saturated heterocycles. The zero-order chi connectivity index (χ0) is 16.9. The topological polar surface area (TPSA) is 93.1 Å². The summed E-state index contributed by atoms with van der Waals surface area (Å²) in [4.78, 5) is 16.3. The molecule has 1 aromatic carbocycles. The van der Waals surface area contributed by atoms with Crippen LogP contribution in [0.3, 0.4) is 0 Å². The lowest BCUT2D eigenvalue weighted by Crippen LogP contribution is -2.25. The lowest BCUT2D eigenvalue weighted by Gasteiger charge is -2.07. The zero-order valence-corrected chi connectivity index (χ0v) is 13.5. The van der Waals surface area contributed by atoms with Gasteiger partial charge in [0.2, 0.25) is 10.0 Å². The summed E-state index contributed by atoms with van der Waals surface area (Å²) >= 11 is 0. The van der Waals surface area contributed by atoms with Crippen LogP contribution in [0.25, 0.3) is 0 Å². The Morgan fingerprint density at radius 1 is 1.35 bits per heavy atom. The zero-order valence-electron chi connectivity index (χ0n) is 12.7. The van der Waals surface area contributed by atoms with Crippen molar-refractivity contribution in [3.05, 3.63) is 60.7 Å². The lowest BCUT2D eigenvalue weighted by molar-refractivity contribution is 0.0949. The van der Waals surface area contributed by atoms with E-state index in [0.29, 0.717) is 12.1 Å². The maximum Gasteiger partial charge on any atom is 0.251 e. The molecule has 0 atom stereocenters. The van der Waals surface area contributed by atoms with Crippen molar-refractivity contribution in [2.75, 3.05) is 6.54 Å². The molecule has 8 heteroatoms. The lowest BCUT2D eigenvalue weighted by atomic mass is 10.2. The second-order valence-electron chi connectivity index (χ2n) is 4.80. The van der Waals surface area contributed by atoms with Gasteiger partial charge in [-0.2, -0.15) is 0 Å². The van der Waals surface area contributed by atoms with Crippen LogP contribution in [0.15, 0.2) is 54.2 Å². The first kappa shape index (κ1) is 16.9. The number of rotatable bonds is 7. The van der Waals surface area contributed by atoms with Gasteiger partial charge in [-0.25, -0.2) is 18.1 Å². The van der Waals surface area contributed by atoms with Gasteiger partial charge in [-0.15, -0.1) is 6.58 Å². The van der Waals surface area contributed by atoms with E-state index in [-0.39, 0.29) is 17.3 Å². The molecule has 0 spiro atoms. The van der Waals surface area contributed by atoms with E-state index in [1.807, 2.05) is 7.05 Å². The number of nitrogens with zero attached hydrogens (tertiary/aromatic N) is 2. The second-order valence-corrected chi connectivity index (χ2v) is 6.57. The van der Waals surface area contributed by atoms with Crippen molar-refractivity contribution in [1.82, 2.24) is 19.6 Å². The molecule has 7 nitrogen and oxygen atoms in total. The third-order valence-corrected chi connectivity index (χ3v) is 4.61. The quantitative estimate of drug-likeness (QED) is 0.733. The van der Waals surface area contributed by atoms with Crippen molar-refractivity contribution in [2.24, 2.45) is 7.05 Å². The average molecular weight is 334 g/mol. The average Bonchev–Trinajstić information content (AvgIpc) is 2.96. The first-order valence-corrected chi connectivity index (χ1v) is 8.37. The molecule has 2 aromatic rings. The van der Waals surface area contributed by atoms with E-state index in [9.17, 15) is 13.2 Å². The summed E-state index contributed by atoms with van der Waals surface area (Å²) in [6.07, 6.45) is 4.89. The Morgan fingerprint density at radius 3 is 2.61 bits per heavy atom. The van der Waals surface area contributed by atoms with Gasteiger partial charge < -0.3 is 9.88 Å². The van der Waals surface area contributed by atoms with E-state index in [2.05, 4.69) is 21.6 Å². The number of benzene rings is 1. The van der Waals surface area contributed by atoms with E-state index in [4.69, 9.17) is 0 Å². The summed E-state index contributed by atoms with van der Waals surface area (Å²) in [5, 5.41) is 2.73. The first-order chi connectivity index (χ1) is 10.9. The number of aromatic nitrogens is 2. The highest BCUT2D eigenvalue weighted by Gasteiger charge is 2.14. The van der Waals surface area contributed by atoms with Crippen LogP contribution in [0.5, 0.6) is 0 Å². The van der Waals surface area contributed by atoms with E-state index < -0.39 is 10.0 Å². The standard InChI is InChI=1S/C15H18N4O3S/c1-3-8-18-23(21,22)13-6-4-12(5-7-13)15(20)17-11-14-16-9-10-19(14)2/h3-7,9-10,18H,1,8,11H2,2H3,(H,17,20). The van der Waals surface area contributed by atoms with E-state index in [1.54, 1.807) is 17.0 Å². The number of imidazole rings is 1. The summed E-state index contributed by atoms with van der Waals surface area (Å²) in [5.74, 6) is 0.433. The van der Waals surface area contributed by atoms with Crippen molar-refractivity contribution >= 4 is 15.9 Å². The minimum atomic E-state index is -3.58.